The number of hydrogen-bond donors (Lipinski definition) is 2. The van der Waals surface area contributed by atoms with Gasteiger partial charge in [-0.3, -0.25) is 0 Å². The average molecular weight is 236 g/mol. The van der Waals surface area contributed by atoms with E-state index in [4.69, 9.17) is 5.73 Å². The second-order valence-corrected chi connectivity index (χ2v) is 5.09. The van der Waals surface area contributed by atoms with Crippen molar-refractivity contribution in [2.24, 2.45) is 5.73 Å². The van der Waals surface area contributed by atoms with Gasteiger partial charge in [0.05, 0.1) is 0 Å². The number of hydrogen-bond acceptors (Lipinski definition) is 2. The third-order valence-electron chi connectivity index (χ3n) is 3.55. The minimum absolute atomic E-state index is 0.115. The molecule has 0 saturated heterocycles. The van der Waals surface area contributed by atoms with E-state index < -0.39 is 0 Å². The van der Waals surface area contributed by atoms with Crippen molar-refractivity contribution in [1.29, 1.82) is 0 Å². The van der Waals surface area contributed by atoms with Crippen molar-refractivity contribution in [2.45, 2.75) is 51.2 Å². The molecule has 1 aliphatic rings. The molecule has 0 aliphatic heterocycles. The lowest BCUT2D eigenvalue weighted by molar-refractivity contribution is 0.340. The smallest absolute Gasteiger partial charge is 0.127 e. The molecular formula is C14H21FN2. The summed E-state index contributed by atoms with van der Waals surface area (Å²) in [5.74, 6) is -0.115. The Bertz CT molecular complexity index is 370. The van der Waals surface area contributed by atoms with E-state index >= 15 is 0 Å². The SMILES string of the molecule is Cc1ccc(F)c(CNC2CCC(N)CC2)c1. The quantitative estimate of drug-likeness (QED) is 0.846. The van der Waals surface area contributed by atoms with Crippen molar-refractivity contribution in [2.75, 3.05) is 0 Å². The van der Waals surface area contributed by atoms with Crippen LogP contribution in [0.1, 0.15) is 36.8 Å². The van der Waals surface area contributed by atoms with Crippen molar-refractivity contribution >= 4 is 0 Å². The summed E-state index contributed by atoms with van der Waals surface area (Å²) < 4.78 is 13.5. The van der Waals surface area contributed by atoms with E-state index in [1.54, 1.807) is 12.1 Å². The molecule has 0 atom stereocenters. The Morgan fingerprint density at radius 3 is 2.71 bits per heavy atom. The van der Waals surface area contributed by atoms with Crippen LogP contribution < -0.4 is 11.1 Å². The predicted molar refractivity (Wildman–Crippen MR) is 68.2 cm³/mol. The highest BCUT2D eigenvalue weighted by Gasteiger charge is 2.18. The third-order valence-corrected chi connectivity index (χ3v) is 3.55. The van der Waals surface area contributed by atoms with Gasteiger partial charge in [0.25, 0.3) is 0 Å². The first-order chi connectivity index (χ1) is 8.15. The number of aryl methyl sites for hydroxylation is 1. The summed E-state index contributed by atoms with van der Waals surface area (Å²) in [6.45, 7) is 2.61. The van der Waals surface area contributed by atoms with Gasteiger partial charge in [-0.05, 0) is 38.7 Å². The number of nitrogens with two attached hydrogens (primary N) is 1. The second kappa shape index (κ2) is 5.61. The lowest BCUT2D eigenvalue weighted by Crippen LogP contribution is -2.37. The van der Waals surface area contributed by atoms with Gasteiger partial charge in [0.1, 0.15) is 5.82 Å². The second-order valence-electron chi connectivity index (χ2n) is 5.09. The lowest BCUT2D eigenvalue weighted by Gasteiger charge is -2.27. The zero-order valence-corrected chi connectivity index (χ0v) is 10.4. The number of halogens is 1. The molecule has 1 fully saturated rings. The highest BCUT2D eigenvalue weighted by atomic mass is 19.1. The van der Waals surface area contributed by atoms with Crippen molar-refractivity contribution in [3.05, 3.63) is 35.1 Å². The van der Waals surface area contributed by atoms with E-state index in [0.29, 0.717) is 18.6 Å². The molecule has 2 rings (SSSR count). The summed E-state index contributed by atoms with van der Waals surface area (Å²) in [4.78, 5) is 0. The van der Waals surface area contributed by atoms with Crippen LogP contribution in [0.4, 0.5) is 4.39 Å². The first-order valence-corrected chi connectivity index (χ1v) is 6.39. The molecule has 0 bridgehead atoms. The van der Waals surface area contributed by atoms with E-state index in [1.165, 1.54) is 0 Å². The molecule has 0 amide bonds. The molecule has 1 aromatic rings. The predicted octanol–water partition coefficient (Wildman–Crippen LogP) is 2.49. The standard InChI is InChI=1S/C14H21FN2/c1-10-2-7-14(15)11(8-10)9-17-13-5-3-12(16)4-6-13/h2,7-8,12-13,17H,3-6,9,16H2,1H3. The van der Waals surface area contributed by atoms with Gasteiger partial charge in [0.2, 0.25) is 0 Å². The van der Waals surface area contributed by atoms with Gasteiger partial charge in [-0.15, -0.1) is 0 Å². The molecule has 3 heteroatoms. The van der Waals surface area contributed by atoms with Gasteiger partial charge >= 0.3 is 0 Å². The molecule has 2 nitrogen and oxygen atoms in total. The van der Waals surface area contributed by atoms with E-state index in [0.717, 1.165) is 36.8 Å². The Kier molecular flexibility index (Phi) is 4.13. The van der Waals surface area contributed by atoms with E-state index in [-0.39, 0.29) is 5.82 Å². The minimum Gasteiger partial charge on any atom is -0.328 e. The first kappa shape index (κ1) is 12.5. The van der Waals surface area contributed by atoms with Crippen LogP contribution in [0.5, 0.6) is 0 Å². The third kappa shape index (κ3) is 3.51. The van der Waals surface area contributed by atoms with Crippen LogP contribution in [0.25, 0.3) is 0 Å². The molecular weight excluding hydrogens is 215 g/mol. The van der Waals surface area contributed by atoms with Crippen molar-refractivity contribution in [3.8, 4) is 0 Å². The molecule has 17 heavy (non-hydrogen) atoms. The van der Waals surface area contributed by atoms with Crippen LogP contribution in [0, 0.1) is 12.7 Å². The summed E-state index contributed by atoms with van der Waals surface area (Å²) in [5, 5.41) is 3.43. The zero-order chi connectivity index (χ0) is 12.3. The van der Waals surface area contributed by atoms with Crippen molar-refractivity contribution in [3.63, 3.8) is 0 Å². The Morgan fingerprint density at radius 1 is 1.29 bits per heavy atom. The molecule has 0 unspecified atom stereocenters. The Hall–Kier alpha value is -0.930. The molecule has 0 aromatic heterocycles. The highest BCUT2D eigenvalue weighted by molar-refractivity contribution is 5.23. The summed E-state index contributed by atoms with van der Waals surface area (Å²) in [6.07, 6.45) is 4.37. The van der Waals surface area contributed by atoms with Gasteiger partial charge < -0.3 is 11.1 Å². The maximum absolute atomic E-state index is 13.5. The Morgan fingerprint density at radius 2 is 2.00 bits per heavy atom. The molecule has 1 saturated carbocycles. The molecule has 94 valence electrons. The fourth-order valence-corrected chi connectivity index (χ4v) is 2.42. The Labute approximate surface area is 102 Å². The maximum atomic E-state index is 13.5. The summed E-state index contributed by atoms with van der Waals surface area (Å²) in [6, 6.07) is 6.12. The normalized spacial score (nSPS) is 24.9. The van der Waals surface area contributed by atoms with Crippen LogP contribution in [-0.4, -0.2) is 12.1 Å². The molecule has 0 spiro atoms. The number of nitrogens with one attached hydrogen (secondary N) is 1. The average Bonchev–Trinajstić information content (AvgIpc) is 2.32. The van der Waals surface area contributed by atoms with Crippen LogP contribution in [0.15, 0.2) is 18.2 Å². The maximum Gasteiger partial charge on any atom is 0.127 e. The van der Waals surface area contributed by atoms with E-state index in [9.17, 15) is 4.39 Å². The molecule has 0 radical (unpaired) electrons. The number of benzene rings is 1. The number of rotatable bonds is 3. The lowest BCUT2D eigenvalue weighted by atomic mass is 9.91. The van der Waals surface area contributed by atoms with Crippen LogP contribution in [0.2, 0.25) is 0 Å². The monoisotopic (exact) mass is 236 g/mol. The van der Waals surface area contributed by atoms with Gasteiger partial charge in [-0.2, -0.15) is 0 Å². The topological polar surface area (TPSA) is 38.0 Å². The van der Waals surface area contributed by atoms with Gasteiger partial charge in [-0.1, -0.05) is 17.7 Å². The summed E-state index contributed by atoms with van der Waals surface area (Å²) in [7, 11) is 0. The van der Waals surface area contributed by atoms with Crippen LogP contribution in [0.3, 0.4) is 0 Å². The first-order valence-electron chi connectivity index (χ1n) is 6.39. The van der Waals surface area contributed by atoms with Crippen molar-refractivity contribution < 1.29 is 4.39 Å². The molecule has 0 heterocycles. The van der Waals surface area contributed by atoms with Gasteiger partial charge in [0, 0.05) is 24.2 Å². The van der Waals surface area contributed by atoms with E-state index in [2.05, 4.69) is 5.32 Å². The molecule has 1 aliphatic carbocycles. The minimum atomic E-state index is -0.115. The zero-order valence-electron chi connectivity index (χ0n) is 10.4. The fraction of sp³-hybridized carbons (Fsp3) is 0.571. The van der Waals surface area contributed by atoms with Crippen LogP contribution >= 0.6 is 0 Å². The molecule has 1 aromatic carbocycles. The van der Waals surface area contributed by atoms with Crippen molar-refractivity contribution in [1.82, 2.24) is 5.32 Å². The summed E-state index contributed by atoms with van der Waals surface area (Å²) in [5.41, 5.74) is 7.73. The van der Waals surface area contributed by atoms with Gasteiger partial charge in [-0.25, -0.2) is 4.39 Å². The Balaban J connectivity index is 1.87. The van der Waals surface area contributed by atoms with Gasteiger partial charge in [0.15, 0.2) is 0 Å². The van der Waals surface area contributed by atoms with E-state index in [1.807, 2.05) is 13.0 Å². The van der Waals surface area contributed by atoms with Crippen LogP contribution in [-0.2, 0) is 6.54 Å². The summed E-state index contributed by atoms with van der Waals surface area (Å²) >= 11 is 0. The molecule has 3 N–H and O–H groups in total. The highest BCUT2D eigenvalue weighted by Crippen LogP contribution is 2.18. The fourth-order valence-electron chi connectivity index (χ4n) is 2.42. The largest absolute Gasteiger partial charge is 0.328 e.